The zero-order chi connectivity index (χ0) is 17.9. The number of aromatic nitrogens is 1. The molecule has 1 heterocycles. The van der Waals surface area contributed by atoms with Crippen LogP contribution in [0.3, 0.4) is 0 Å². The maximum Gasteiger partial charge on any atom is 0.276 e. The Kier molecular flexibility index (Phi) is 6.11. The molecule has 5 nitrogen and oxygen atoms in total. The van der Waals surface area contributed by atoms with E-state index in [1.54, 1.807) is 33.0 Å². The maximum absolute atomic E-state index is 14.2. The van der Waals surface area contributed by atoms with Gasteiger partial charge in [-0.1, -0.05) is 6.07 Å². The Hall–Kier alpha value is -1.74. The van der Waals surface area contributed by atoms with Crippen LogP contribution in [0.25, 0.3) is 0 Å². The number of halogens is 2. The van der Waals surface area contributed by atoms with Crippen molar-refractivity contribution in [3.8, 4) is 0 Å². The summed E-state index contributed by atoms with van der Waals surface area (Å²) >= 11 is 2.03. The Morgan fingerprint density at radius 1 is 1.38 bits per heavy atom. The number of amides is 1. The average Bonchev–Trinajstić information content (AvgIpc) is 2.54. The SMILES string of the molecule is CCONC(=O)c1cc(C)c(=O)n(C)c1Cc1ccc(I)cc1F. The van der Waals surface area contributed by atoms with E-state index in [2.05, 4.69) is 5.48 Å². The summed E-state index contributed by atoms with van der Waals surface area (Å²) in [5.41, 5.74) is 3.68. The molecule has 0 fully saturated rings. The molecular formula is C17H18FIN2O3. The first kappa shape index (κ1) is 18.6. The zero-order valence-electron chi connectivity index (χ0n) is 13.7. The monoisotopic (exact) mass is 444 g/mol. The Labute approximate surface area is 152 Å². The third-order valence-electron chi connectivity index (χ3n) is 3.65. The fourth-order valence-electron chi connectivity index (χ4n) is 2.38. The molecule has 2 rings (SSSR count). The van der Waals surface area contributed by atoms with Gasteiger partial charge in [-0.3, -0.25) is 14.4 Å². The second-order valence-electron chi connectivity index (χ2n) is 5.33. The fraction of sp³-hybridized carbons (Fsp3) is 0.294. The molecule has 1 aromatic heterocycles. The van der Waals surface area contributed by atoms with Gasteiger partial charge in [-0.15, -0.1) is 0 Å². The van der Waals surface area contributed by atoms with Crippen molar-refractivity contribution in [3.63, 3.8) is 0 Å². The van der Waals surface area contributed by atoms with E-state index in [1.165, 1.54) is 16.7 Å². The van der Waals surface area contributed by atoms with Crippen LogP contribution in [0, 0.1) is 16.3 Å². The normalized spacial score (nSPS) is 10.7. The van der Waals surface area contributed by atoms with Gasteiger partial charge in [0.15, 0.2) is 0 Å². The summed E-state index contributed by atoms with van der Waals surface area (Å²) in [6, 6.07) is 6.37. The molecule has 0 atom stereocenters. The molecule has 7 heteroatoms. The molecule has 0 aliphatic rings. The molecule has 0 unspecified atom stereocenters. The van der Waals surface area contributed by atoms with E-state index in [4.69, 9.17) is 4.84 Å². The van der Waals surface area contributed by atoms with Crippen LogP contribution in [0.2, 0.25) is 0 Å². The topological polar surface area (TPSA) is 60.3 Å². The third kappa shape index (κ3) is 4.02. The highest BCUT2D eigenvalue weighted by atomic mass is 127. The van der Waals surface area contributed by atoms with E-state index in [1.807, 2.05) is 22.6 Å². The first-order valence-electron chi connectivity index (χ1n) is 7.40. The molecule has 0 saturated carbocycles. The summed E-state index contributed by atoms with van der Waals surface area (Å²) in [4.78, 5) is 29.5. The van der Waals surface area contributed by atoms with Crippen molar-refractivity contribution in [1.29, 1.82) is 0 Å². The van der Waals surface area contributed by atoms with E-state index in [0.29, 0.717) is 29.0 Å². The first-order chi connectivity index (χ1) is 11.3. The van der Waals surface area contributed by atoms with E-state index in [9.17, 15) is 14.0 Å². The number of carbonyl (C=O) groups is 1. The van der Waals surface area contributed by atoms with Crippen molar-refractivity contribution in [2.24, 2.45) is 7.05 Å². The van der Waals surface area contributed by atoms with Crippen molar-refractivity contribution in [2.45, 2.75) is 20.3 Å². The molecule has 24 heavy (non-hydrogen) atoms. The molecule has 1 aromatic carbocycles. The summed E-state index contributed by atoms with van der Waals surface area (Å²) in [6.07, 6.45) is 0.129. The van der Waals surface area contributed by atoms with Crippen molar-refractivity contribution >= 4 is 28.5 Å². The smallest absolute Gasteiger partial charge is 0.276 e. The van der Waals surface area contributed by atoms with E-state index >= 15 is 0 Å². The number of rotatable bonds is 5. The number of nitrogens with zero attached hydrogens (tertiary/aromatic N) is 1. The summed E-state index contributed by atoms with van der Waals surface area (Å²) in [5.74, 6) is -0.831. The van der Waals surface area contributed by atoms with Crippen LogP contribution in [0.5, 0.6) is 0 Å². The summed E-state index contributed by atoms with van der Waals surface area (Å²) < 4.78 is 16.3. The summed E-state index contributed by atoms with van der Waals surface area (Å²) in [7, 11) is 1.58. The number of benzene rings is 1. The lowest BCUT2D eigenvalue weighted by atomic mass is 10.0. The minimum Gasteiger partial charge on any atom is -0.314 e. The van der Waals surface area contributed by atoms with E-state index < -0.39 is 5.91 Å². The Morgan fingerprint density at radius 3 is 2.71 bits per heavy atom. The number of nitrogens with one attached hydrogen (secondary N) is 1. The van der Waals surface area contributed by atoms with Gasteiger partial charge in [0.05, 0.1) is 12.2 Å². The molecule has 0 bridgehead atoms. The largest absolute Gasteiger partial charge is 0.314 e. The quantitative estimate of drug-likeness (QED) is 0.570. The highest BCUT2D eigenvalue weighted by Crippen LogP contribution is 2.18. The number of carbonyl (C=O) groups excluding carboxylic acids is 1. The van der Waals surface area contributed by atoms with Crippen LogP contribution in [-0.4, -0.2) is 17.1 Å². The molecule has 0 aliphatic carbocycles. The van der Waals surface area contributed by atoms with Crippen molar-refractivity contribution in [1.82, 2.24) is 10.0 Å². The van der Waals surface area contributed by atoms with E-state index in [-0.39, 0.29) is 17.8 Å². The molecule has 128 valence electrons. The van der Waals surface area contributed by atoms with Crippen LogP contribution >= 0.6 is 22.6 Å². The molecule has 1 amide bonds. The number of pyridine rings is 1. The molecule has 1 N–H and O–H groups in total. The fourth-order valence-corrected chi connectivity index (χ4v) is 2.83. The van der Waals surface area contributed by atoms with Gasteiger partial charge in [0.1, 0.15) is 5.82 Å². The second kappa shape index (κ2) is 7.89. The molecule has 0 spiro atoms. The predicted molar refractivity (Wildman–Crippen MR) is 97.4 cm³/mol. The third-order valence-corrected chi connectivity index (χ3v) is 4.32. The number of hydrogen-bond acceptors (Lipinski definition) is 3. The van der Waals surface area contributed by atoms with Gasteiger partial charge in [-0.2, -0.15) is 0 Å². The summed E-state index contributed by atoms with van der Waals surface area (Å²) in [6.45, 7) is 3.70. The first-order valence-corrected chi connectivity index (χ1v) is 8.48. The number of hydroxylamine groups is 1. The lowest BCUT2D eigenvalue weighted by molar-refractivity contribution is 0.0363. The second-order valence-corrected chi connectivity index (χ2v) is 6.57. The van der Waals surface area contributed by atoms with Crippen molar-refractivity contribution in [3.05, 3.63) is 66.4 Å². The molecular weight excluding hydrogens is 426 g/mol. The summed E-state index contributed by atoms with van der Waals surface area (Å²) in [5, 5.41) is 0. The van der Waals surface area contributed by atoms with Gasteiger partial charge >= 0.3 is 0 Å². The van der Waals surface area contributed by atoms with Gasteiger partial charge in [-0.25, -0.2) is 9.87 Å². The number of hydrogen-bond donors (Lipinski definition) is 1. The van der Waals surface area contributed by atoms with Gasteiger partial charge in [0.2, 0.25) is 0 Å². The Balaban J connectivity index is 2.52. The lowest BCUT2D eigenvalue weighted by Crippen LogP contribution is -2.31. The molecule has 0 aliphatic heterocycles. The standard InChI is InChI=1S/C17H18FIN2O3/c1-4-24-20-16(22)13-7-10(2)17(23)21(3)15(13)8-11-5-6-12(19)9-14(11)18/h5-7,9H,4,8H2,1-3H3,(H,20,22). The van der Waals surface area contributed by atoms with Crippen LogP contribution in [0.4, 0.5) is 4.39 Å². The predicted octanol–water partition coefficient (Wildman–Crippen LogP) is 2.71. The van der Waals surface area contributed by atoms with Gasteiger partial charge in [0.25, 0.3) is 11.5 Å². The van der Waals surface area contributed by atoms with Gasteiger partial charge in [-0.05, 0) is 60.2 Å². The lowest BCUT2D eigenvalue weighted by Gasteiger charge is -2.15. The Morgan fingerprint density at radius 2 is 2.08 bits per heavy atom. The minimum atomic E-state index is -0.462. The molecule has 0 radical (unpaired) electrons. The highest BCUT2D eigenvalue weighted by Gasteiger charge is 2.18. The van der Waals surface area contributed by atoms with Crippen LogP contribution < -0.4 is 11.0 Å². The van der Waals surface area contributed by atoms with Crippen molar-refractivity contribution in [2.75, 3.05) is 6.61 Å². The molecule has 0 saturated heterocycles. The maximum atomic E-state index is 14.2. The van der Waals surface area contributed by atoms with E-state index in [0.717, 1.165) is 3.57 Å². The van der Waals surface area contributed by atoms with Gasteiger partial charge < -0.3 is 4.57 Å². The van der Waals surface area contributed by atoms with Crippen LogP contribution in [0.15, 0.2) is 29.1 Å². The number of aryl methyl sites for hydroxylation is 1. The molecule has 2 aromatic rings. The average molecular weight is 444 g/mol. The minimum absolute atomic E-state index is 0.129. The van der Waals surface area contributed by atoms with Gasteiger partial charge in [0, 0.05) is 28.3 Å². The van der Waals surface area contributed by atoms with Crippen molar-refractivity contribution < 1.29 is 14.0 Å². The Bertz CT molecular complexity index is 833. The highest BCUT2D eigenvalue weighted by molar-refractivity contribution is 14.1. The zero-order valence-corrected chi connectivity index (χ0v) is 15.8. The van der Waals surface area contributed by atoms with Crippen LogP contribution in [-0.2, 0) is 18.3 Å². The van der Waals surface area contributed by atoms with Crippen LogP contribution in [0.1, 0.15) is 34.1 Å².